The first-order chi connectivity index (χ1) is 7.46. The van der Waals surface area contributed by atoms with Crippen LogP contribution in [-0.2, 0) is 21.5 Å². The predicted molar refractivity (Wildman–Crippen MR) is 92.9 cm³/mol. The van der Waals surface area contributed by atoms with E-state index in [-0.39, 0.29) is 34.0 Å². The zero-order valence-corrected chi connectivity index (χ0v) is 18.4. The Kier molecular flexibility index (Phi) is 7.26. The monoisotopic (exact) mass is 466 g/mol. The van der Waals surface area contributed by atoms with E-state index in [1.165, 1.54) is 16.1 Å². The van der Waals surface area contributed by atoms with Gasteiger partial charge in [-0.2, -0.15) is 0 Å². The second kappa shape index (κ2) is 6.97. The number of rotatable bonds is 3. The van der Waals surface area contributed by atoms with Crippen molar-refractivity contribution in [1.82, 2.24) is 0 Å². The van der Waals surface area contributed by atoms with Crippen molar-refractivity contribution in [2.75, 3.05) is 0 Å². The van der Waals surface area contributed by atoms with Gasteiger partial charge in [0.25, 0.3) is 0 Å². The van der Waals surface area contributed by atoms with Gasteiger partial charge in [0.1, 0.15) is 0 Å². The van der Waals surface area contributed by atoms with E-state index in [0.29, 0.717) is 0 Å². The molecular weight excluding hydrogens is 447 g/mol. The molecular formula is C14H22Br2SiZr. The second-order valence-corrected chi connectivity index (χ2v) is 36.7. The van der Waals surface area contributed by atoms with Gasteiger partial charge in [-0.25, -0.2) is 0 Å². The van der Waals surface area contributed by atoms with Gasteiger partial charge < -0.3 is 0 Å². The van der Waals surface area contributed by atoms with Gasteiger partial charge in [-0.05, 0) is 0 Å². The molecule has 0 bridgehead atoms. The molecule has 0 fully saturated rings. The molecule has 0 aromatic heterocycles. The summed E-state index contributed by atoms with van der Waals surface area (Å²) in [5, 5.41) is 0. The molecule has 0 spiro atoms. The van der Waals surface area contributed by atoms with Crippen molar-refractivity contribution in [1.29, 1.82) is 0 Å². The molecule has 0 amide bonds. The summed E-state index contributed by atoms with van der Waals surface area (Å²) in [6.45, 7) is 2.33. The van der Waals surface area contributed by atoms with Gasteiger partial charge in [0.05, 0.1) is 0 Å². The first kappa shape index (κ1) is 18.8. The summed E-state index contributed by atoms with van der Waals surface area (Å²) in [5.41, 5.74) is 1.51. The summed E-state index contributed by atoms with van der Waals surface area (Å²) in [6.07, 6.45) is 8.11. The number of allylic oxidation sites excluding steroid dienone is 4. The molecule has 0 N–H and O–H groups in total. The van der Waals surface area contributed by atoms with Crippen molar-refractivity contribution in [3.8, 4) is 0 Å². The maximum atomic E-state index is 2.58. The van der Waals surface area contributed by atoms with E-state index in [0.717, 1.165) is 0 Å². The molecule has 18 heavy (non-hydrogen) atoms. The van der Waals surface area contributed by atoms with E-state index in [1.54, 1.807) is 3.28 Å². The molecule has 0 radical (unpaired) electrons. The fraction of sp³-hybridized carbons (Fsp3) is 0.286. The average molecular weight is 469 g/mol. The number of hydrogen-bond acceptors (Lipinski definition) is 0. The van der Waals surface area contributed by atoms with Crippen LogP contribution in [0.3, 0.4) is 0 Å². The van der Waals surface area contributed by atoms with Crippen LogP contribution in [-0.4, -0.2) is 6.88 Å². The zero-order chi connectivity index (χ0) is 11.7. The normalized spacial score (nSPS) is 14.5. The SMILES string of the molecule is Br.Br.[CH3][Zr]([CH3])(=[SiH2])([CH2]c1ccccc1)[C]1=CC=CC1. The molecule has 1 aromatic carbocycles. The van der Waals surface area contributed by atoms with Gasteiger partial charge in [0.2, 0.25) is 0 Å². The number of hydrogen-bond donors (Lipinski definition) is 0. The van der Waals surface area contributed by atoms with Gasteiger partial charge in [-0.1, -0.05) is 0 Å². The van der Waals surface area contributed by atoms with Crippen LogP contribution in [0.2, 0.25) is 9.26 Å². The van der Waals surface area contributed by atoms with E-state index in [1.807, 2.05) is 0 Å². The van der Waals surface area contributed by atoms with Crippen LogP contribution in [0.4, 0.5) is 0 Å². The topological polar surface area (TPSA) is 0 Å². The summed E-state index contributed by atoms with van der Waals surface area (Å²) >= 11 is -2.59. The third-order valence-corrected chi connectivity index (χ3v) is 17.7. The third kappa shape index (κ3) is 4.70. The van der Waals surface area contributed by atoms with Crippen molar-refractivity contribution in [2.45, 2.75) is 19.8 Å². The second-order valence-electron chi connectivity index (χ2n) is 6.00. The van der Waals surface area contributed by atoms with Crippen molar-refractivity contribution in [3.05, 3.63) is 57.4 Å². The predicted octanol–water partition coefficient (Wildman–Crippen LogP) is 4.52. The Bertz CT molecular complexity index is 512. The summed E-state index contributed by atoms with van der Waals surface area (Å²) in [4.78, 5) is 0. The number of halogens is 2. The fourth-order valence-electron chi connectivity index (χ4n) is 2.44. The molecule has 0 nitrogen and oxygen atoms in total. The molecule has 2 rings (SSSR count). The summed E-state index contributed by atoms with van der Waals surface area (Å²) < 4.78 is 8.22. The summed E-state index contributed by atoms with van der Waals surface area (Å²) in [5.74, 6) is 0. The van der Waals surface area contributed by atoms with Gasteiger partial charge >= 0.3 is 101 Å². The van der Waals surface area contributed by atoms with Gasteiger partial charge in [0.15, 0.2) is 0 Å². The molecule has 0 heterocycles. The van der Waals surface area contributed by atoms with Crippen molar-refractivity contribution >= 4 is 40.8 Å². The van der Waals surface area contributed by atoms with Gasteiger partial charge in [-0.3, -0.25) is 0 Å². The standard InChI is InChI=1S/C7H7.C5H5.2CH3.2BrH.H2Si.Zr/c1-7-5-3-2-4-6-7;1-2-4-5-3-1;;;;;;/h2-6H,1H2;1-3H,4H2;2*1H3;2*1H;1H2;. The van der Waals surface area contributed by atoms with E-state index < -0.39 is 17.4 Å². The molecule has 0 aliphatic heterocycles. The number of benzene rings is 1. The van der Waals surface area contributed by atoms with E-state index >= 15 is 0 Å². The Morgan fingerprint density at radius 3 is 2.22 bits per heavy atom. The maximum absolute atomic E-state index is 2.59. The summed E-state index contributed by atoms with van der Waals surface area (Å²) in [6, 6.07) is 11.0. The van der Waals surface area contributed by atoms with E-state index in [2.05, 4.69) is 64.7 Å². The van der Waals surface area contributed by atoms with Crippen LogP contribution in [0.5, 0.6) is 0 Å². The van der Waals surface area contributed by atoms with Crippen molar-refractivity contribution in [3.63, 3.8) is 0 Å². The summed E-state index contributed by atoms with van der Waals surface area (Å²) in [7, 11) is 0. The molecule has 0 saturated heterocycles. The van der Waals surface area contributed by atoms with Crippen molar-refractivity contribution in [2.24, 2.45) is 0 Å². The molecule has 100 valence electrons. The Balaban J connectivity index is 0.00000144. The average Bonchev–Trinajstić information content (AvgIpc) is 2.71. The zero-order valence-electron chi connectivity index (χ0n) is 11.1. The van der Waals surface area contributed by atoms with Crippen LogP contribution in [0.1, 0.15) is 12.0 Å². The van der Waals surface area contributed by atoms with E-state index in [4.69, 9.17) is 0 Å². The van der Waals surface area contributed by atoms with Crippen LogP contribution in [0.15, 0.2) is 51.8 Å². The van der Waals surface area contributed by atoms with Crippen LogP contribution >= 0.6 is 34.0 Å². The minimum atomic E-state index is -2.59. The molecule has 0 unspecified atom stereocenters. The molecule has 0 saturated carbocycles. The molecule has 1 aliphatic carbocycles. The van der Waals surface area contributed by atoms with Crippen LogP contribution in [0, 0.1) is 0 Å². The quantitative estimate of drug-likeness (QED) is 0.572. The third-order valence-electron chi connectivity index (χ3n) is 3.48. The fourth-order valence-corrected chi connectivity index (χ4v) is 13.7. The Hall–Kier alpha value is 0.760. The van der Waals surface area contributed by atoms with Crippen molar-refractivity contribution < 1.29 is 17.4 Å². The van der Waals surface area contributed by atoms with Crippen LogP contribution < -0.4 is 0 Å². The molecule has 1 aromatic rings. The van der Waals surface area contributed by atoms with Gasteiger partial charge in [0, 0.05) is 0 Å². The van der Waals surface area contributed by atoms with Crippen LogP contribution in [0.25, 0.3) is 0 Å². The molecule has 0 atom stereocenters. The molecule has 1 aliphatic rings. The Morgan fingerprint density at radius 1 is 1.11 bits per heavy atom. The Labute approximate surface area is 134 Å². The molecule has 4 heteroatoms. The first-order valence-corrected chi connectivity index (χ1v) is 19.7. The minimum absolute atomic E-state index is 0. The Morgan fingerprint density at radius 2 is 1.72 bits per heavy atom. The first-order valence-electron chi connectivity index (χ1n) is 5.94. The van der Waals surface area contributed by atoms with E-state index in [9.17, 15) is 0 Å². The van der Waals surface area contributed by atoms with Gasteiger partial charge in [-0.15, -0.1) is 34.0 Å².